The molecule has 2 amide bonds. The van der Waals surface area contributed by atoms with Crippen LogP contribution in [0.3, 0.4) is 0 Å². The summed E-state index contributed by atoms with van der Waals surface area (Å²) in [5, 5.41) is 20.1. The second kappa shape index (κ2) is 14.4. The summed E-state index contributed by atoms with van der Waals surface area (Å²) in [6, 6.07) is -0.524. The average molecular weight is 692 g/mol. The van der Waals surface area contributed by atoms with Gasteiger partial charge < -0.3 is 25.2 Å². The fourth-order valence-electron chi connectivity index (χ4n) is 4.44. The van der Waals surface area contributed by atoms with Crippen molar-refractivity contribution < 1.29 is 33.8 Å². The van der Waals surface area contributed by atoms with Crippen LogP contribution in [0, 0.1) is 11.3 Å². The number of hydrogen-bond acceptors (Lipinski definition) is 11. The molecule has 1 aliphatic rings. The fraction of sp³-hybridized carbons (Fsp3) is 0.655. The van der Waals surface area contributed by atoms with E-state index in [9.17, 15) is 24.3 Å². The minimum atomic E-state index is -1.59. The van der Waals surface area contributed by atoms with Gasteiger partial charge in [0, 0.05) is 10.8 Å². The number of cyclic esters (lactones) is 2. The molecule has 44 heavy (non-hydrogen) atoms. The summed E-state index contributed by atoms with van der Waals surface area (Å²) in [6.45, 7) is 11.3. The number of hydrogen-bond donors (Lipinski definition) is 3. The average Bonchev–Trinajstić information content (AvgIpc) is 3.61. The molecule has 244 valence electrons. The summed E-state index contributed by atoms with van der Waals surface area (Å²) >= 11 is 14.6. The van der Waals surface area contributed by atoms with E-state index < -0.39 is 57.4 Å². The number of thiazole rings is 2. The number of esters is 2. The number of ether oxygens (including phenoxy) is 2. The molecular formula is C29H40Cl2N4O7S2. The van der Waals surface area contributed by atoms with Gasteiger partial charge in [0.15, 0.2) is 11.8 Å². The number of halogens is 2. The first kappa shape index (κ1) is 36.2. The van der Waals surface area contributed by atoms with Crippen LogP contribution in [0.25, 0.3) is 0 Å². The second-order valence-electron chi connectivity index (χ2n) is 12.3. The van der Waals surface area contributed by atoms with Crippen LogP contribution in [-0.4, -0.2) is 61.4 Å². The molecule has 2 aromatic rings. The monoisotopic (exact) mass is 690 g/mol. The standard InChI is InChI=1S/C29H40Cl2N4O7S2/c1-8-15(2)20-23-34-17(14-43-23)25(38)41-18(10-9-11-29(7,30)31)27(3,4)26(39)42-21(28(5,6)40)24-33-16(13-44-24)22(37)32-12-19(36)35-20/h13-15,18,20-21,40H,8-12H2,1-7H3,(H,32,37)(H,35,36)/t15-,18?,20-,21+/m0/s1. The number of aromatic nitrogens is 2. The van der Waals surface area contributed by atoms with Crippen LogP contribution in [0.4, 0.5) is 0 Å². The van der Waals surface area contributed by atoms with E-state index in [4.69, 9.17) is 32.7 Å². The van der Waals surface area contributed by atoms with Gasteiger partial charge in [-0.05, 0) is 59.8 Å². The number of aliphatic hydroxyl groups is 1. The van der Waals surface area contributed by atoms with Gasteiger partial charge in [-0.15, -0.1) is 45.9 Å². The number of carbonyl (C=O) groups excluding carboxylic acids is 4. The van der Waals surface area contributed by atoms with Crippen LogP contribution in [0.5, 0.6) is 0 Å². The Morgan fingerprint density at radius 1 is 1.07 bits per heavy atom. The normalized spacial score (nSPS) is 22.9. The molecule has 0 aliphatic carbocycles. The van der Waals surface area contributed by atoms with Crippen LogP contribution in [0.2, 0.25) is 0 Å². The van der Waals surface area contributed by atoms with Crippen molar-refractivity contribution in [2.75, 3.05) is 6.54 Å². The lowest BCUT2D eigenvalue weighted by molar-refractivity contribution is -0.179. The van der Waals surface area contributed by atoms with Crippen LogP contribution >= 0.6 is 45.9 Å². The van der Waals surface area contributed by atoms with E-state index in [-0.39, 0.29) is 35.3 Å². The van der Waals surface area contributed by atoms with Gasteiger partial charge in [0.1, 0.15) is 31.7 Å². The van der Waals surface area contributed by atoms with Crippen molar-refractivity contribution in [3.8, 4) is 0 Å². The van der Waals surface area contributed by atoms with Crippen molar-refractivity contribution in [1.29, 1.82) is 0 Å². The highest BCUT2D eigenvalue weighted by Crippen LogP contribution is 2.38. The zero-order valence-corrected chi connectivity index (χ0v) is 29.0. The van der Waals surface area contributed by atoms with Crippen molar-refractivity contribution in [3.05, 3.63) is 32.2 Å². The molecule has 0 saturated heterocycles. The molecule has 0 saturated carbocycles. The first-order valence-corrected chi connectivity index (χ1v) is 16.9. The van der Waals surface area contributed by atoms with Crippen molar-refractivity contribution in [3.63, 3.8) is 0 Å². The predicted octanol–water partition coefficient (Wildman–Crippen LogP) is 5.52. The molecule has 3 rings (SSSR count). The molecule has 0 fully saturated rings. The van der Waals surface area contributed by atoms with E-state index in [2.05, 4.69) is 20.6 Å². The largest absolute Gasteiger partial charge is 0.456 e. The Bertz CT molecular complexity index is 1350. The fourth-order valence-corrected chi connectivity index (χ4v) is 6.68. The van der Waals surface area contributed by atoms with Crippen molar-refractivity contribution >= 4 is 69.6 Å². The summed E-state index contributed by atoms with van der Waals surface area (Å²) in [6.07, 6.45) is -0.533. The minimum Gasteiger partial charge on any atom is -0.456 e. The Morgan fingerprint density at radius 2 is 1.68 bits per heavy atom. The third kappa shape index (κ3) is 9.35. The molecular weight excluding hydrogens is 651 g/mol. The molecule has 0 radical (unpaired) electrons. The molecule has 11 nitrogen and oxygen atoms in total. The zero-order chi connectivity index (χ0) is 33.0. The Balaban J connectivity index is 2.07. The molecule has 2 aromatic heterocycles. The number of nitrogens with one attached hydrogen (secondary N) is 2. The lowest BCUT2D eigenvalue weighted by Gasteiger charge is -2.35. The highest BCUT2D eigenvalue weighted by molar-refractivity contribution is 7.10. The predicted molar refractivity (Wildman–Crippen MR) is 169 cm³/mol. The molecule has 4 atom stereocenters. The van der Waals surface area contributed by atoms with E-state index >= 15 is 0 Å². The second-order valence-corrected chi connectivity index (χ2v) is 15.9. The van der Waals surface area contributed by atoms with Crippen LogP contribution in [0.15, 0.2) is 10.8 Å². The lowest BCUT2D eigenvalue weighted by Crippen LogP contribution is -2.44. The Hall–Kier alpha value is -2.32. The van der Waals surface area contributed by atoms with Gasteiger partial charge in [0.05, 0.1) is 18.0 Å². The van der Waals surface area contributed by atoms with Crippen molar-refractivity contribution in [1.82, 2.24) is 20.6 Å². The van der Waals surface area contributed by atoms with Gasteiger partial charge >= 0.3 is 11.9 Å². The van der Waals surface area contributed by atoms with E-state index in [0.29, 0.717) is 24.3 Å². The van der Waals surface area contributed by atoms with E-state index in [1.54, 1.807) is 26.2 Å². The summed E-state index contributed by atoms with van der Waals surface area (Å²) in [5.41, 5.74) is -2.97. The number of carbonyl (C=O) groups is 4. The quantitative estimate of drug-likeness (QED) is 0.251. The van der Waals surface area contributed by atoms with Gasteiger partial charge in [-0.3, -0.25) is 14.4 Å². The van der Waals surface area contributed by atoms with E-state index in [1.165, 1.54) is 30.6 Å². The summed E-state index contributed by atoms with van der Waals surface area (Å²) in [5.74, 6) is -2.61. The van der Waals surface area contributed by atoms with Crippen molar-refractivity contribution in [2.24, 2.45) is 11.3 Å². The number of fused-ring (bicyclic) bond motifs is 4. The van der Waals surface area contributed by atoms with Crippen LogP contribution < -0.4 is 10.6 Å². The van der Waals surface area contributed by atoms with Crippen LogP contribution in [0.1, 0.15) is 117 Å². The number of nitrogens with zero attached hydrogens (tertiary/aromatic N) is 2. The van der Waals surface area contributed by atoms with Crippen LogP contribution in [-0.2, 0) is 19.1 Å². The first-order chi connectivity index (χ1) is 20.3. The number of rotatable bonds is 7. The Kier molecular flexibility index (Phi) is 11.8. The maximum Gasteiger partial charge on any atom is 0.358 e. The van der Waals surface area contributed by atoms with Gasteiger partial charge in [0.25, 0.3) is 5.91 Å². The lowest BCUT2D eigenvalue weighted by atomic mass is 9.83. The highest BCUT2D eigenvalue weighted by Gasteiger charge is 2.45. The van der Waals surface area contributed by atoms with Gasteiger partial charge in [-0.2, -0.15) is 0 Å². The molecule has 4 bridgehead atoms. The van der Waals surface area contributed by atoms with Gasteiger partial charge in [-0.25, -0.2) is 14.8 Å². The first-order valence-electron chi connectivity index (χ1n) is 14.3. The maximum atomic E-state index is 13.8. The van der Waals surface area contributed by atoms with Gasteiger partial charge in [0.2, 0.25) is 5.91 Å². The topological polar surface area (TPSA) is 157 Å². The zero-order valence-electron chi connectivity index (χ0n) is 25.9. The summed E-state index contributed by atoms with van der Waals surface area (Å²) in [4.78, 5) is 61.7. The molecule has 0 spiro atoms. The highest BCUT2D eigenvalue weighted by atomic mass is 35.5. The summed E-state index contributed by atoms with van der Waals surface area (Å²) in [7, 11) is 0. The van der Waals surface area contributed by atoms with Crippen molar-refractivity contribution in [2.45, 2.75) is 102 Å². The van der Waals surface area contributed by atoms with E-state index in [0.717, 1.165) is 11.3 Å². The molecule has 3 N–H and O–H groups in total. The van der Waals surface area contributed by atoms with E-state index in [1.807, 2.05) is 13.8 Å². The molecule has 3 heterocycles. The molecule has 1 aliphatic heterocycles. The molecule has 1 unspecified atom stereocenters. The minimum absolute atomic E-state index is 0.000298. The number of amides is 2. The smallest absolute Gasteiger partial charge is 0.358 e. The number of alkyl halides is 2. The SMILES string of the molecule is CC[C@H](C)[C@@H]1NC(=O)CNC(=O)c2csc(n2)[C@H](C(C)(C)O)OC(=O)C(C)(C)C(CCCC(C)(Cl)Cl)OC(=O)c2csc1n2. The third-order valence-corrected chi connectivity index (χ3v) is 9.64. The summed E-state index contributed by atoms with van der Waals surface area (Å²) < 4.78 is 10.7. The Labute approximate surface area is 275 Å². The third-order valence-electron chi connectivity index (χ3n) is 7.44. The molecule has 15 heteroatoms. The molecule has 0 aromatic carbocycles. The Morgan fingerprint density at radius 3 is 2.30 bits per heavy atom. The maximum absolute atomic E-state index is 13.8. The van der Waals surface area contributed by atoms with Gasteiger partial charge in [-0.1, -0.05) is 20.3 Å².